The average molecular weight is 405 g/mol. The summed E-state index contributed by atoms with van der Waals surface area (Å²) in [5.74, 6) is 0. The van der Waals surface area contributed by atoms with E-state index in [0.29, 0.717) is 6.73 Å². The first kappa shape index (κ1) is 20.6. The molecule has 0 saturated carbocycles. The molecule has 5 nitrogen and oxygen atoms in total. The quantitative estimate of drug-likeness (QED) is 0.405. The van der Waals surface area contributed by atoms with Crippen molar-refractivity contribution in [1.82, 2.24) is 19.2 Å². The smallest absolute Gasteiger partial charge is 0.165 e. The van der Waals surface area contributed by atoms with Crippen LogP contribution in [0.5, 0.6) is 0 Å². The summed E-state index contributed by atoms with van der Waals surface area (Å²) in [7, 11) is 1.75. The Bertz CT molecular complexity index is 1220. The van der Waals surface area contributed by atoms with E-state index in [1.807, 2.05) is 4.52 Å². The maximum Gasteiger partial charge on any atom is 0.165 e. The van der Waals surface area contributed by atoms with Crippen LogP contribution in [0.1, 0.15) is 53.5 Å². The molecule has 0 saturated heterocycles. The first-order valence-electron chi connectivity index (χ1n) is 10.8. The zero-order chi connectivity index (χ0) is 21.6. The summed E-state index contributed by atoms with van der Waals surface area (Å²) in [5, 5.41) is 6.13. The van der Waals surface area contributed by atoms with Crippen LogP contribution >= 0.6 is 0 Å². The molecule has 0 aliphatic carbocycles. The molecular weight excluding hydrogens is 372 g/mol. The lowest BCUT2D eigenvalue weighted by Gasteiger charge is -2.12. The molecule has 3 aromatic heterocycles. The van der Waals surface area contributed by atoms with Gasteiger partial charge in [-0.3, -0.25) is 0 Å². The van der Waals surface area contributed by atoms with E-state index in [-0.39, 0.29) is 0 Å². The summed E-state index contributed by atoms with van der Waals surface area (Å²) in [5.41, 5.74) is 11.5. The molecule has 1 aromatic carbocycles. The second-order valence-corrected chi connectivity index (χ2v) is 8.49. The number of aromatic nitrogens is 4. The molecule has 0 bridgehead atoms. The molecule has 0 unspecified atom stereocenters. The SMILES string of the molecule is CCCCc1cc2c(C)nc3c(-c4c(C)cc(C)cc4C)c(C)nn3c2n1COC. The average Bonchev–Trinajstić information content (AvgIpc) is 3.19. The Labute approximate surface area is 178 Å². The highest BCUT2D eigenvalue weighted by Gasteiger charge is 2.22. The minimum atomic E-state index is 0.512. The van der Waals surface area contributed by atoms with Gasteiger partial charge in [0.1, 0.15) is 12.4 Å². The number of hydrogen-bond donors (Lipinski definition) is 0. The Morgan fingerprint density at radius 2 is 1.63 bits per heavy atom. The molecule has 0 radical (unpaired) electrons. The van der Waals surface area contributed by atoms with Gasteiger partial charge in [-0.25, -0.2) is 4.98 Å². The fourth-order valence-corrected chi connectivity index (χ4v) is 4.78. The Morgan fingerprint density at radius 3 is 2.27 bits per heavy atom. The molecule has 0 aliphatic rings. The second-order valence-electron chi connectivity index (χ2n) is 8.49. The number of unbranched alkanes of at least 4 members (excludes halogenated alkanes) is 1. The standard InChI is InChI=1S/C25H32N4O/c1-8-9-10-20-13-21-18(5)26-24-23(22-16(3)11-15(2)12-17(22)4)19(6)27-29(24)25(21)28(20)14-30-7/h11-13H,8-10,14H2,1-7H3. The van der Waals surface area contributed by atoms with Crippen molar-refractivity contribution in [3.63, 3.8) is 0 Å². The van der Waals surface area contributed by atoms with E-state index in [1.165, 1.54) is 27.9 Å². The zero-order valence-corrected chi connectivity index (χ0v) is 19.3. The Hall–Kier alpha value is -2.66. The van der Waals surface area contributed by atoms with Crippen LogP contribution in [0.2, 0.25) is 0 Å². The second kappa shape index (κ2) is 7.88. The van der Waals surface area contributed by atoms with Gasteiger partial charge in [0.25, 0.3) is 0 Å². The van der Waals surface area contributed by atoms with Crippen LogP contribution in [0.15, 0.2) is 18.2 Å². The predicted octanol–water partition coefficient (Wildman–Crippen LogP) is 5.84. The zero-order valence-electron chi connectivity index (χ0n) is 19.3. The number of benzene rings is 1. The molecule has 0 amide bonds. The maximum atomic E-state index is 5.58. The summed E-state index contributed by atoms with van der Waals surface area (Å²) in [6.07, 6.45) is 3.34. The summed E-state index contributed by atoms with van der Waals surface area (Å²) in [4.78, 5) is 5.05. The lowest BCUT2D eigenvalue weighted by Crippen LogP contribution is -2.08. The third-order valence-electron chi connectivity index (χ3n) is 6.03. The monoisotopic (exact) mass is 404 g/mol. The Morgan fingerprint density at radius 1 is 0.933 bits per heavy atom. The normalized spacial score (nSPS) is 11.8. The molecule has 0 aliphatic heterocycles. The summed E-state index contributed by atoms with van der Waals surface area (Å²) in [6.45, 7) is 13.4. The van der Waals surface area contributed by atoms with Crippen molar-refractivity contribution < 1.29 is 4.74 Å². The Balaban J connectivity index is 2.08. The lowest BCUT2D eigenvalue weighted by atomic mass is 9.94. The van der Waals surface area contributed by atoms with Crippen LogP contribution in [0.25, 0.3) is 27.8 Å². The molecule has 5 heteroatoms. The van der Waals surface area contributed by atoms with Crippen LogP contribution < -0.4 is 0 Å². The van der Waals surface area contributed by atoms with Crippen molar-refractivity contribution >= 4 is 16.7 Å². The van der Waals surface area contributed by atoms with Crippen LogP contribution in [0.4, 0.5) is 0 Å². The van der Waals surface area contributed by atoms with Crippen molar-refractivity contribution in [2.24, 2.45) is 0 Å². The molecular formula is C25H32N4O. The molecule has 3 heterocycles. The molecule has 0 atom stereocenters. The van der Waals surface area contributed by atoms with Crippen LogP contribution in [-0.4, -0.2) is 26.3 Å². The van der Waals surface area contributed by atoms with Gasteiger partial charge in [0.15, 0.2) is 5.65 Å². The predicted molar refractivity (Wildman–Crippen MR) is 123 cm³/mol. The summed E-state index contributed by atoms with van der Waals surface area (Å²) in [6, 6.07) is 6.76. The number of methoxy groups -OCH3 is 1. The molecule has 4 aromatic rings. The van der Waals surface area contributed by atoms with E-state index < -0.39 is 0 Å². The van der Waals surface area contributed by atoms with Crippen molar-refractivity contribution in [1.29, 1.82) is 0 Å². The molecule has 4 rings (SSSR count). The highest BCUT2D eigenvalue weighted by atomic mass is 16.5. The van der Waals surface area contributed by atoms with E-state index in [9.17, 15) is 0 Å². The summed E-state index contributed by atoms with van der Waals surface area (Å²) >= 11 is 0. The third-order valence-corrected chi connectivity index (χ3v) is 6.03. The van der Waals surface area contributed by atoms with Gasteiger partial charge in [-0.15, -0.1) is 0 Å². The van der Waals surface area contributed by atoms with Gasteiger partial charge in [-0.05, 0) is 70.2 Å². The van der Waals surface area contributed by atoms with E-state index in [1.54, 1.807) is 7.11 Å². The minimum Gasteiger partial charge on any atom is -0.364 e. The largest absolute Gasteiger partial charge is 0.364 e. The highest BCUT2D eigenvalue weighted by molar-refractivity contribution is 5.90. The third kappa shape index (κ3) is 3.21. The van der Waals surface area contributed by atoms with Crippen molar-refractivity contribution in [2.75, 3.05) is 7.11 Å². The van der Waals surface area contributed by atoms with E-state index >= 15 is 0 Å². The first-order chi connectivity index (χ1) is 14.4. The topological polar surface area (TPSA) is 44.4 Å². The van der Waals surface area contributed by atoms with Gasteiger partial charge in [0.05, 0.1) is 17.0 Å². The van der Waals surface area contributed by atoms with E-state index in [2.05, 4.69) is 64.3 Å². The van der Waals surface area contributed by atoms with Crippen molar-refractivity contribution in [3.8, 4) is 11.1 Å². The molecule has 0 N–H and O–H groups in total. The first-order valence-corrected chi connectivity index (χ1v) is 10.8. The number of aryl methyl sites for hydroxylation is 6. The molecule has 0 spiro atoms. The Kier molecular flexibility index (Phi) is 5.41. The van der Waals surface area contributed by atoms with Gasteiger partial charge in [0, 0.05) is 18.2 Å². The summed E-state index contributed by atoms with van der Waals surface area (Å²) < 4.78 is 9.87. The fourth-order valence-electron chi connectivity index (χ4n) is 4.78. The number of ether oxygens (including phenoxy) is 1. The van der Waals surface area contributed by atoms with Crippen LogP contribution in [0.3, 0.4) is 0 Å². The fraction of sp³-hybridized carbons (Fsp3) is 0.440. The molecule has 30 heavy (non-hydrogen) atoms. The number of rotatable bonds is 6. The van der Waals surface area contributed by atoms with Gasteiger partial charge in [-0.2, -0.15) is 9.61 Å². The van der Waals surface area contributed by atoms with Gasteiger partial charge in [0.2, 0.25) is 0 Å². The van der Waals surface area contributed by atoms with Gasteiger partial charge in [-0.1, -0.05) is 31.0 Å². The minimum absolute atomic E-state index is 0.512. The van der Waals surface area contributed by atoms with Crippen LogP contribution in [-0.2, 0) is 17.9 Å². The lowest BCUT2D eigenvalue weighted by molar-refractivity contribution is 0.132. The van der Waals surface area contributed by atoms with Gasteiger partial charge < -0.3 is 9.30 Å². The number of hydrogen-bond acceptors (Lipinski definition) is 3. The van der Waals surface area contributed by atoms with Crippen molar-refractivity contribution in [2.45, 2.75) is 67.5 Å². The van der Waals surface area contributed by atoms with Gasteiger partial charge >= 0.3 is 0 Å². The molecule has 0 fully saturated rings. The molecule has 158 valence electrons. The van der Waals surface area contributed by atoms with Crippen molar-refractivity contribution in [3.05, 3.63) is 52.0 Å². The number of nitrogens with zero attached hydrogens (tertiary/aromatic N) is 4. The highest BCUT2D eigenvalue weighted by Crippen LogP contribution is 2.35. The van der Waals surface area contributed by atoms with Crippen LogP contribution in [0, 0.1) is 34.6 Å². The number of fused-ring (bicyclic) bond motifs is 3. The van der Waals surface area contributed by atoms with E-state index in [4.69, 9.17) is 14.8 Å². The maximum absolute atomic E-state index is 5.58. The van der Waals surface area contributed by atoms with E-state index in [0.717, 1.165) is 52.9 Å².